The first-order valence-corrected chi connectivity index (χ1v) is 21.3. The number of carbonyl (C=O) groups excluding carboxylic acids is 1. The number of carboxylic acid groups (broad SMARTS) is 1. The number of hydrogen-bond acceptors (Lipinski definition) is 25. The number of nitrogens with zero attached hydrogens (tertiary/aromatic N) is 9. The minimum atomic E-state index is -5.30. The van der Waals surface area contributed by atoms with Crippen molar-refractivity contribution >= 4 is 112 Å². The molecule has 7 N–H and O–H groups in total. The maximum absolute atomic E-state index is 13.2. The van der Waals surface area contributed by atoms with Crippen molar-refractivity contribution in [1.82, 2.24) is 0 Å². The van der Waals surface area contributed by atoms with E-state index in [0.29, 0.717) is 34.8 Å². The number of azo groups is 3. The maximum atomic E-state index is 13.2. The predicted molar refractivity (Wildman–Crippen MR) is 218 cm³/mol. The van der Waals surface area contributed by atoms with E-state index in [0.717, 1.165) is 41.4 Å². The maximum Gasteiger partial charge on any atom is 0.342 e. The van der Waals surface area contributed by atoms with Crippen LogP contribution < -0.4 is 5.01 Å². The second-order valence-electron chi connectivity index (χ2n) is 12.5. The molecular formula is C33H23N9O19S4. The van der Waals surface area contributed by atoms with Crippen LogP contribution in [0.2, 0.25) is 0 Å². The third kappa shape index (κ3) is 10.5. The summed E-state index contributed by atoms with van der Waals surface area (Å²) < 4.78 is 78.9. The third-order valence-corrected chi connectivity index (χ3v) is 11.4. The third-order valence-electron chi connectivity index (χ3n) is 8.46. The minimum Gasteiger partial charge on any atom is -0.505 e. The number of carbonyl (C=O) groups is 2. The SMILES string of the molecule is CC1=NN(c2ccc(SOOO)cc2)C(=O)C1N=Nc1ccc(N=Nc2c(SOOO)cc3cc(S(=O)(=O)O)c(N=Nc4ccc([N+](=O)[O-])c(C(=O)O)c4)c(O)c3c2O)c(S(=O)(=O)O)c1. The van der Waals surface area contributed by atoms with Crippen molar-refractivity contribution in [2.75, 3.05) is 5.01 Å². The number of carboxylic acids is 1. The Morgan fingerprint density at radius 2 is 1.42 bits per heavy atom. The van der Waals surface area contributed by atoms with E-state index in [1.54, 1.807) is 0 Å². The Morgan fingerprint density at radius 3 is 2.05 bits per heavy atom. The summed E-state index contributed by atoms with van der Waals surface area (Å²) >= 11 is 0.792. The van der Waals surface area contributed by atoms with Crippen LogP contribution in [-0.2, 0) is 43.8 Å². The molecule has 28 nitrogen and oxygen atoms in total. The Balaban J connectivity index is 1.37. The van der Waals surface area contributed by atoms with Gasteiger partial charge in [0.2, 0.25) is 0 Å². The van der Waals surface area contributed by atoms with E-state index in [-0.39, 0.29) is 28.3 Å². The molecule has 1 aliphatic heterocycles. The predicted octanol–water partition coefficient (Wildman–Crippen LogP) is 7.91. The second-order valence-corrected chi connectivity index (χ2v) is 16.8. The van der Waals surface area contributed by atoms with Gasteiger partial charge in [-0.2, -0.15) is 42.3 Å². The summed E-state index contributed by atoms with van der Waals surface area (Å²) in [7, 11) is -10.5. The zero-order valence-corrected chi connectivity index (χ0v) is 35.0. The Morgan fingerprint density at radius 1 is 0.800 bits per heavy atom. The van der Waals surface area contributed by atoms with Crippen molar-refractivity contribution in [3.63, 3.8) is 0 Å². The van der Waals surface area contributed by atoms with E-state index < -0.39 is 109 Å². The van der Waals surface area contributed by atoms with Crippen LogP contribution in [0.15, 0.2) is 128 Å². The van der Waals surface area contributed by atoms with Gasteiger partial charge in [0.1, 0.15) is 32.4 Å². The number of rotatable bonds is 17. The summed E-state index contributed by atoms with van der Waals surface area (Å²) in [6.07, 6.45) is 0. The molecule has 0 spiro atoms. The molecule has 0 aromatic heterocycles. The van der Waals surface area contributed by atoms with Crippen molar-refractivity contribution in [1.29, 1.82) is 0 Å². The minimum absolute atomic E-state index is 0.110. The molecule has 5 aromatic rings. The normalized spacial score (nSPS) is 14.7. The number of aromatic carboxylic acids is 1. The Kier molecular flexibility index (Phi) is 14.2. The first-order valence-electron chi connectivity index (χ1n) is 16.9. The molecule has 1 unspecified atom stereocenters. The van der Waals surface area contributed by atoms with E-state index in [2.05, 4.69) is 54.5 Å². The van der Waals surface area contributed by atoms with Crippen molar-refractivity contribution < 1.29 is 85.0 Å². The molecule has 32 heteroatoms. The first-order chi connectivity index (χ1) is 30.7. The molecule has 0 radical (unpaired) electrons. The summed E-state index contributed by atoms with van der Waals surface area (Å²) in [4.78, 5) is 33.1. The van der Waals surface area contributed by atoms with Crippen molar-refractivity contribution in [2.24, 2.45) is 35.8 Å². The van der Waals surface area contributed by atoms with Gasteiger partial charge >= 0.3 is 5.97 Å². The van der Waals surface area contributed by atoms with E-state index in [1.807, 2.05) is 0 Å². The molecule has 0 bridgehead atoms. The molecule has 5 aromatic carbocycles. The average Bonchev–Trinajstić information content (AvgIpc) is 3.54. The van der Waals surface area contributed by atoms with Crippen LogP contribution in [0.1, 0.15) is 17.3 Å². The zero-order chi connectivity index (χ0) is 47.4. The van der Waals surface area contributed by atoms with Crippen LogP contribution in [0.5, 0.6) is 11.5 Å². The van der Waals surface area contributed by atoms with E-state index in [1.165, 1.54) is 31.2 Å². The van der Waals surface area contributed by atoms with Gasteiger partial charge < -0.3 is 15.3 Å². The van der Waals surface area contributed by atoms with Gasteiger partial charge in [0.15, 0.2) is 17.5 Å². The Labute approximate surface area is 369 Å². The fourth-order valence-corrected chi connectivity index (χ4v) is 7.80. The Hall–Kier alpha value is -6.95. The fraction of sp³-hybridized carbons (Fsp3) is 0.0606. The molecule has 65 heavy (non-hydrogen) atoms. The quantitative estimate of drug-likeness (QED) is 0.0116. The van der Waals surface area contributed by atoms with Crippen molar-refractivity contribution in [3.8, 4) is 11.5 Å². The highest BCUT2D eigenvalue weighted by Gasteiger charge is 2.35. The number of hydrogen-bond donors (Lipinski definition) is 7. The molecule has 0 fully saturated rings. The number of phenolic OH excluding ortho intramolecular Hbond substituents is 2. The number of anilines is 1. The first kappa shape index (κ1) is 47.5. The molecular weight excluding hydrogens is 955 g/mol. The smallest absolute Gasteiger partial charge is 0.342 e. The number of hydrazone groups is 1. The van der Waals surface area contributed by atoms with Crippen molar-refractivity contribution in [3.05, 3.63) is 88.5 Å². The zero-order valence-electron chi connectivity index (χ0n) is 31.7. The summed E-state index contributed by atoms with van der Waals surface area (Å²) in [5.74, 6) is -4.66. The summed E-state index contributed by atoms with van der Waals surface area (Å²) in [5, 5.41) is 94.6. The number of nitro groups is 1. The molecule has 0 aliphatic carbocycles. The largest absolute Gasteiger partial charge is 0.505 e. The molecule has 1 amide bonds. The van der Waals surface area contributed by atoms with E-state index >= 15 is 0 Å². The van der Waals surface area contributed by atoms with Gasteiger partial charge in [0.25, 0.3) is 31.8 Å². The van der Waals surface area contributed by atoms with E-state index in [4.69, 9.17) is 10.5 Å². The van der Waals surface area contributed by atoms with Crippen LogP contribution in [0.4, 0.5) is 39.8 Å². The molecule has 1 atom stereocenters. The number of amides is 1. The number of fused-ring (bicyclic) bond motifs is 1. The number of nitro benzene ring substituents is 1. The van der Waals surface area contributed by atoms with Crippen LogP contribution >= 0.6 is 24.1 Å². The number of benzene rings is 5. The summed E-state index contributed by atoms with van der Waals surface area (Å²) in [6, 6.07) is 11.8. The van der Waals surface area contributed by atoms with Gasteiger partial charge in [-0.15, -0.1) is 24.0 Å². The number of aromatic hydroxyl groups is 2. The highest BCUT2D eigenvalue weighted by molar-refractivity contribution is 7.95. The van der Waals surface area contributed by atoms with Crippen LogP contribution in [0.3, 0.4) is 0 Å². The molecule has 6 rings (SSSR count). The monoisotopic (exact) mass is 977 g/mol. The van der Waals surface area contributed by atoms with Gasteiger partial charge in [0, 0.05) is 11.0 Å². The van der Waals surface area contributed by atoms with Crippen LogP contribution in [0, 0.1) is 10.1 Å². The van der Waals surface area contributed by atoms with Gasteiger partial charge in [-0.3, -0.25) is 24.0 Å². The van der Waals surface area contributed by atoms with E-state index in [9.17, 15) is 61.0 Å². The highest BCUT2D eigenvalue weighted by atomic mass is 32.2. The lowest BCUT2D eigenvalue weighted by Gasteiger charge is -2.13. The average molecular weight is 978 g/mol. The molecule has 1 aliphatic rings. The highest BCUT2D eigenvalue weighted by Crippen LogP contribution is 2.51. The van der Waals surface area contributed by atoms with Crippen LogP contribution in [0.25, 0.3) is 10.8 Å². The lowest BCUT2D eigenvalue weighted by atomic mass is 10.1. The van der Waals surface area contributed by atoms with Gasteiger partial charge in [-0.25, -0.2) is 15.3 Å². The Bertz CT molecular complexity index is 3120. The molecule has 0 saturated heterocycles. The summed E-state index contributed by atoms with van der Waals surface area (Å²) in [6.45, 7) is 1.48. The van der Waals surface area contributed by atoms with Gasteiger partial charge in [0.05, 0.1) is 62.1 Å². The van der Waals surface area contributed by atoms with Crippen molar-refractivity contribution in [2.45, 2.75) is 32.5 Å². The number of phenols is 2. The topological polar surface area (TPSA) is 414 Å². The van der Waals surface area contributed by atoms with Crippen LogP contribution in [-0.4, -0.2) is 80.3 Å². The van der Waals surface area contributed by atoms with Gasteiger partial charge in [-0.1, -0.05) is 10.1 Å². The lowest BCUT2D eigenvalue weighted by Crippen LogP contribution is -2.29. The standard InChI is InChI=1S/C33H23N9O19S4/c1-14-27(32(45)41(40-14)18-4-6-19(7-5-18)62-60-58-50)37-35-17-2-8-21(24(13-17)64(52,53)54)36-38-28-23(63-61-59-51)10-15-11-25(65(55,56)57)29(31(44)26(15)30(28)43)39-34-16-3-9-22(42(48)49)20(12-16)33(46)47/h2-13,27,43-44,50-51H,1H3,(H,46,47)(H,52,53,54)(H,55,56,57). The fourth-order valence-electron chi connectivity index (χ4n) is 5.64. The summed E-state index contributed by atoms with van der Waals surface area (Å²) in [5.41, 5.74) is -4.15. The van der Waals surface area contributed by atoms with Gasteiger partial charge in [-0.05, 0) is 79.0 Å². The molecule has 1 heterocycles. The molecule has 0 saturated carbocycles. The second kappa shape index (κ2) is 19.4. The molecule has 338 valence electrons. The lowest BCUT2D eigenvalue weighted by molar-refractivity contribution is -0.432.